The number of aliphatic hydroxyl groups excluding tert-OH is 9. The van der Waals surface area contributed by atoms with Crippen molar-refractivity contribution in [3.63, 3.8) is 0 Å². The van der Waals surface area contributed by atoms with Gasteiger partial charge in [0.2, 0.25) is 0 Å². The largest absolute Gasteiger partial charge is 0.472 e. The smallest absolute Gasteiger partial charge is 0.463 e. The van der Waals surface area contributed by atoms with Gasteiger partial charge in [0.25, 0.3) is 0 Å². The van der Waals surface area contributed by atoms with E-state index in [1.54, 1.807) is 0 Å². The van der Waals surface area contributed by atoms with Gasteiger partial charge in [0, 0.05) is 25.7 Å². The summed E-state index contributed by atoms with van der Waals surface area (Å²) in [6.07, 6.45) is 27.6. The first-order valence-corrected chi connectivity index (χ1v) is 48.5. The molecule has 3 fully saturated rings. The van der Waals surface area contributed by atoms with Crippen molar-refractivity contribution in [1.82, 2.24) is 0 Å². The minimum absolute atomic E-state index is 0.00671. The van der Waals surface area contributed by atoms with E-state index in [4.69, 9.17) is 46.9 Å². The molecule has 3 rings (SSSR count). The lowest BCUT2D eigenvalue weighted by molar-refractivity contribution is -0.360. The molecule has 2 aliphatic heterocycles. The van der Waals surface area contributed by atoms with Crippen LogP contribution in [0.1, 0.15) is 394 Å². The first kappa shape index (κ1) is 108. The van der Waals surface area contributed by atoms with Gasteiger partial charge in [-0.25, -0.2) is 4.57 Å². The molecule has 0 aromatic rings. The molecular weight excluding hydrogens is 1520 g/mol. The van der Waals surface area contributed by atoms with Crippen LogP contribution in [0.5, 0.6) is 0 Å². The van der Waals surface area contributed by atoms with Gasteiger partial charge in [-0.15, -0.1) is 0 Å². The van der Waals surface area contributed by atoms with Crippen molar-refractivity contribution in [2.45, 2.75) is 498 Å². The Hall–Kier alpha value is -3.05. The summed E-state index contributed by atoms with van der Waals surface area (Å²) in [5, 5.41) is 102. The molecule has 0 spiro atoms. The number of rotatable bonds is 75. The van der Waals surface area contributed by atoms with Crippen LogP contribution in [-0.2, 0) is 70.7 Å². The number of unbranched alkanes of at least 4 members (excludes halogenated alkanes) is 43. The molecule has 26 heteroatoms. The minimum atomic E-state index is -5.81. The fraction of sp³-hybridized carbons (Fsp3) is 0.912. The predicted octanol–water partition coefficient (Wildman–Crippen LogP) is 17.2. The highest BCUT2D eigenvalue weighted by Gasteiger charge is 2.60. The Bertz CT molecular complexity index is 2550. The van der Waals surface area contributed by atoms with E-state index in [1.807, 2.05) is 0 Å². The maximum atomic E-state index is 14.9. The molecule has 19 atom stereocenters. The second-order valence-corrected chi connectivity index (χ2v) is 35.2. The molecule has 117 heavy (non-hydrogen) atoms. The summed E-state index contributed by atoms with van der Waals surface area (Å²) in [6, 6.07) is 0. The highest BCUT2D eigenvalue weighted by molar-refractivity contribution is 7.47. The molecule has 2 heterocycles. The van der Waals surface area contributed by atoms with Gasteiger partial charge in [0.15, 0.2) is 24.8 Å². The maximum absolute atomic E-state index is 14.9. The van der Waals surface area contributed by atoms with E-state index in [1.165, 1.54) is 173 Å². The monoisotopic (exact) mass is 1690 g/mol. The molecule has 2 saturated heterocycles. The number of allylic oxidation sites excluding steroid dienone is 4. The van der Waals surface area contributed by atoms with Gasteiger partial charge < -0.3 is 88.7 Å². The molecule has 1 aliphatic carbocycles. The second kappa shape index (κ2) is 69.3. The van der Waals surface area contributed by atoms with E-state index in [2.05, 4.69) is 58.9 Å². The molecule has 25 nitrogen and oxygen atoms in total. The molecule has 0 radical (unpaired) electrons. The van der Waals surface area contributed by atoms with Crippen molar-refractivity contribution >= 4 is 31.7 Å². The number of phosphoric ester groups is 1. The number of carbonyl (C=O) groups is 4. The number of hydrogen-bond donors (Lipinski definition) is 10. The standard InChI is InChI=1S/C91H167O25P/c1-6-10-14-18-22-25-28-31-32-33-36-38-40-43-50-56-62-74(93)107-67-71(110-76(95)64-58-52-45-42-39-35-30-27-24-20-16-12-8-3)68-109-117(105,106)116-89-87(114-90-84(103)80(99)78(97)72(66-92)111-90)83(102)82(101)86(113-77(96)65-59-53-47-46-49-55-61-70(5)60-54-48-21-17-13-9-4)88(89)115-91-85(104)81(100)79(98)73(112-91)69-108-75(94)63-57-51-44-41-37-34-29-26-23-19-15-11-7-2/h34-35,37,39,70-73,78-92,97-104H,6-33,36,38,40-69H2,1-5H3,(H,105,106)/b37-34-,39-35-. The molecule has 10 N–H and O–H groups in total. The van der Waals surface area contributed by atoms with Crippen molar-refractivity contribution < 1.29 is 122 Å². The summed E-state index contributed by atoms with van der Waals surface area (Å²) >= 11 is 0. The summed E-state index contributed by atoms with van der Waals surface area (Å²) < 4.78 is 73.4. The lowest BCUT2D eigenvalue weighted by Gasteiger charge is -2.50. The third-order valence-corrected chi connectivity index (χ3v) is 24.1. The molecule has 0 aromatic heterocycles. The van der Waals surface area contributed by atoms with Crippen LogP contribution in [0, 0.1) is 5.92 Å². The fourth-order valence-corrected chi connectivity index (χ4v) is 16.5. The van der Waals surface area contributed by atoms with Gasteiger partial charge in [-0.2, -0.15) is 0 Å². The van der Waals surface area contributed by atoms with Gasteiger partial charge in [-0.3, -0.25) is 28.2 Å². The van der Waals surface area contributed by atoms with Crippen LogP contribution in [0.25, 0.3) is 0 Å². The molecule has 0 aromatic carbocycles. The van der Waals surface area contributed by atoms with Crippen molar-refractivity contribution in [1.29, 1.82) is 0 Å². The Morgan fingerprint density at radius 2 is 0.692 bits per heavy atom. The zero-order valence-electron chi connectivity index (χ0n) is 73.2. The van der Waals surface area contributed by atoms with Crippen LogP contribution in [0.15, 0.2) is 24.3 Å². The van der Waals surface area contributed by atoms with Gasteiger partial charge in [0.05, 0.1) is 13.2 Å². The lowest BCUT2D eigenvalue weighted by atomic mass is 9.84. The van der Waals surface area contributed by atoms with E-state index >= 15 is 0 Å². The average molecular weight is 1690 g/mol. The minimum Gasteiger partial charge on any atom is -0.463 e. The zero-order chi connectivity index (χ0) is 85.5. The van der Waals surface area contributed by atoms with Gasteiger partial charge >= 0.3 is 31.7 Å². The van der Waals surface area contributed by atoms with Crippen molar-refractivity contribution in [3.8, 4) is 0 Å². The molecule has 0 bridgehead atoms. The topological polar surface area (TPSA) is 380 Å². The Morgan fingerprint density at radius 1 is 0.359 bits per heavy atom. The second-order valence-electron chi connectivity index (χ2n) is 33.8. The number of carbonyl (C=O) groups excluding carboxylic acids is 4. The molecule has 1 saturated carbocycles. The van der Waals surface area contributed by atoms with Gasteiger partial charge in [-0.05, 0) is 83.0 Å². The first-order valence-electron chi connectivity index (χ1n) is 47.0. The van der Waals surface area contributed by atoms with Crippen LogP contribution in [0.4, 0.5) is 0 Å². The Morgan fingerprint density at radius 3 is 1.11 bits per heavy atom. The molecule has 686 valence electrons. The predicted molar refractivity (Wildman–Crippen MR) is 453 cm³/mol. The van der Waals surface area contributed by atoms with E-state index in [0.29, 0.717) is 50.9 Å². The van der Waals surface area contributed by atoms with Crippen molar-refractivity contribution in [2.24, 2.45) is 5.92 Å². The summed E-state index contributed by atoms with van der Waals surface area (Å²) in [7, 11) is -5.81. The summed E-state index contributed by atoms with van der Waals surface area (Å²) in [5.74, 6) is -2.37. The Kier molecular flexibility index (Phi) is 64.0. The molecular formula is C91H167O25P. The number of ether oxygens (including phenoxy) is 8. The highest BCUT2D eigenvalue weighted by atomic mass is 31.2. The van der Waals surface area contributed by atoms with Crippen LogP contribution in [0.2, 0.25) is 0 Å². The maximum Gasteiger partial charge on any atom is 0.472 e. The normalized spacial score (nSPS) is 25.4. The number of esters is 4. The van der Waals surface area contributed by atoms with E-state index in [9.17, 15) is 74.6 Å². The SMILES string of the molecule is CCCCCCCC/C=C\CCCCCC(=O)OCC1OC(OC2C(OC(=O)CCCCCCCCC(C)CCCCCCCC)C(O)C(O)C(OC3OC(CO)C(O)C(O)C3O)C2OP(=O)(O)OCC(COC(=O)CCCCCCCCCCCCCCCCCC)OC(=O)CCCCC/C=C\CCCCCCCC)C(O)C(O)C1O. The van der Waals surface area contributed by atoms with Crippen LogP contribution < -0.4 is 0 Å². The first-order chi connectivity index (χ1) is 56.6. The van der Waals surface area contributed by atoms with Crippen LogP contribution in [-0.4, -0.2) is 205 Å². The lowest BCUT2D eigenvalue weighted by Crippen LogP contribution is -2.70. The quantitative estimate of drug-likeness (QED) is 0.00889. The number of phosphoric acid groups is 1. The third kappa shape index (κ3) is 49.9. The number of hydrogen-bond acceptors (Lipinski definition) is 24. The molecule has 19 unspecified atom stereocenters. The van der Waals surface area contributed by atoms with Gasteiger partial charge in [0.1, 0.15) is 92.6 Å². The molecule has 3 aliphatic rings. The Labute approximate surface area is 704 Å². The van der Waals surface area contributed by atoms with Crippen LogP contribution >= 0.6 is 7.82 Å². The summed E-state index contributed by atoms with van der Waals surface area (Å²) in [6.45, 7) is 7.85. The zero-order valence-corrected chi connectivity index (χ0v) is 74.1. The van der Waals surface area contributed by atoms with Crippen molar-refractivity contribution in [3.05, 3.63) is 24.3 Å². The summed E-state index contributed by atoms with van der Waals surface area (Å²) in [5.41, 5.74) is 0. The van der Waals surface area contributed by atoms with Crippen molar-refractivity contribution in [2.75, 3.05) is 26.4 Å². The van der Waals surface area contributed by atoms with E-state index in [0.717, 1.165) is 116 Å². The summed E-state index contributed by atoms with van der Waals surface area (Å²) in [4.78, 5) is 66.5. The van der Waals surface area contributed by atoms with E-state index in [-0.39, 0.29) is 25.7 Å². The van der Waals surface area contributed by atoms with Crippen LogP contribution in [0.3, 0.4) is 0 Å². The highest BCUT2D eigenvalue weighted by Crippen LogP contribution is 2.49. The van der Waals surface area contributed by atoms with Gasteiger partial charge in [-0.1, -0.05) is 316 Å². The fourth-order valence-electron chi connectivity index (χ4n) is 15.5. The average Bonchev–Trinajstić information content (AvgIpc) is 0.758. The molecule has 0 amide bonds. The number of aliphatic hydroxyl groups is 9. The third-order valence-electron chi connectivity index (χ3n) is 23.1. The van der Waals surface area contributed by atoms with E-state index < -0.39 is 162 Å². The Balaban J connectivity index is 1.93.